The summed E-state index contributed by atoms with van der Waals surface area (Å²) in [4.78, 5) is 17.4. The summed E-state index contributed by atoms with van der Waals surface area (Å²) in [5, 5.41) is 10.6. The molecule has 2 fully saturated rings. The molecule has 33 heavy (non-hydrogen) atoms. The summed E-state index contributed by atoms with van der Waals surface area (Å²) in [6.07, 6.45) is 8.32. The van der Waals surface area contributed by atoms with Crippen molar-refractivity contribution in [2.24, 2.45) is 0 Å². The van der Waals surface area contributed by atoms with Crippen molar-refractivity contribution in [1.29, 1.82) is 5.26 Å². The highest BCUT2D eigenvalue weighted by atomic mass is 35.5. The third-order valence-corrected chi connectivity index (χ3v) is 6.96. The number of carbonyl (C=O) groups excluding carboxylic acids is 1. The molecule has 0 amide bonds. The van der Waals surface area contributed by atoms with Gasteiger partial charge in [0.2, 0.25) is 0 Å². The lowest BCUT2D eigenvalue weighted by Crippen LogP contribution is -2.41. The minimum atomic E-state index is -0.640. The molecule has 1 saturated carbocycles. The van der Waals surface area contributed by atoms with Crippen molar-refractivity contribution in [2.45, 2.75) is 43.3 Å². The van der Waals surface area contributed by atoms with E-state index in [1.165, 1.54) is 0 Å². The van der Waals surface area contributed by atoms with Crippen LogP contribution >= 0.6 is 11.6 Å². The number of hydrogen-bond donors (Lipinski definition) is 0. The van der Waals surface area contributed by atoms with Crippen molar-refractivity contribution >= 4 is 17.4 Å². The third kappa shape index (κ3) is 4.32. The van der Waals surface area contributed by atoms with Crippen molar-refractivity contribution < 1.29 is 14.3 Å². The third-order valence-electron chi connectivity index (χ3n) is 6.71. The van der Waals surface area contributed by atoms with E-state index in [1.807, 2.05) is 59.4 Å². The molecule has 0 unspecified atom stereocenters. The van der Waals surface area contributed by atoms with E-state index in [9.17, 15) is 10.1 Å². The fourth-order valence-electron chi connectivity index (χ4n) is 4.70. The van der Waals surface area contributed by atoms with Crippen molar-refractivity contribution in [3.63, 3.8) is 0 Å². The van der Waals surface area contributed by atoms with E-state index >= 15 is 0 Å². The van der Waals surface area contributed by atoms with E-state index < -0.39 is 11.2 Å². The SMILES string of the molecule is N#CC1(c2ccc(CC(=O)c3ccn(-c4ccc(Cl)cc4)c3)cn2)CCC2(CC1)OCCO2. The minimum absolute atomic E-state index is 0.0161. The Balaban J connectivity index is 1.26. The first-order valence-corrected chi connectivity index (χ1v) is 11.5. The molecule has 2 aliphatic rings. The summed E-state index contributed by atoms with van der Waals surface area (Å²) < 4.78 is 13.5. The molecule has 6 nitrogen and oxygen atoms in total. The van der Waals surface area contributed by atoms with Crippen LogP contribution in [0.2, 0.25) is 5.02 Å². The molecule has 3 aromatic rings. The monoisotopic (exact) mass is 461 g/mol. The van der Waals surface area contributed by atoms with Crippen LogP contribution in [-0.2, 0) is 21.3 Å². The van der Waals surface area contributed by atoms with Crippen molar-refractivity contribution in [1.82, 2.24) is 9.55 Å². The average Bonchev–Trinajstić information content (AvgIpc) is 3.52. The number of aromatic nitrogens is 2. The predicted molar refractivity (Wildman–Crippen MR) is 123 cm³/mol. The Morgan fingerprint density at radius 1 is 1.06 bits per heavy atom. The second-order valence-corrected chi connectivity index (χ2v) is 9.17. The fraction of sp³-hybridized carbons (Fsp3) is 0.346. The number of benzene rings is 1. The lowest BCUT2D eigenvalue weighted by atomic mass is 9.70. The van der Waals surface area contributed by atoms with Crippen LogP contribution in [0, 0.1) is 11.3 Å². The average molecular weight is 462 g/mol. The predicted octanol–water partition coefficient (Wildman–Crippen LogP) is 5.03. The number of nitrogens with zero attached hydrogens (tertiary/aromatic N) is 3. The van der Waals surface area contributed by atoms with Gasteiger partial charge in [-0.1, -0.05) is 17.7 Å². The summed E-state index contributed by atoms with van der Waals surface area (Å²) >= 11 is 5.95. The molecule has 1 aliphatic heterocycles. The number of rotatable bonds is 5. The molecule has 0 N–H and O–H groups in total. The Morgan fingerprint density at radius 2 is 1.79 bits per heavy atom. The zero-order valence-corrected chi connectivity index (χ0v) is 18.9. The molecule has 1 aliphatic carbocycles. The zero-order valence-electron chi connectivity index (χ0n) is 18.2. The first kappa shape index (κ1) is 21.8. The molecule has 1 spiro atoms. The van der Waals surface area contributed by atoms with Crippen molar-refractivity contribution in [3.05, 3.63) is 82.9 Å². The first-order valence-electron chi connectivity index (χ1n) is 11.1. The van der Waals surface area contributed by atoms with Gasteiger partial charge in [0.25, 0.3) is 0 Å². The maximum Gasteiger partial charge on any atom is 0.168 e. The summed E-state index contributed by atoms with van der Waals surface area (Å²) in [6.45, 7) is 1.23. The van der Waals surface area contributed by atoms with Gasteiger partial charge in [-0.05, 0) is 54.8 Å². The molecule has 5 rings (SSSR count). The molecule has 2 aromatic heterocycles. The quantitative estimate of drug-likeness (QED) is 0.498. The number of hydrogen-bond acceptors (Lipinski definition) is 5. The van der Waals surface area contributed by atoms with Crippen LogP contribution < -0.4 is 0 Å². The molecule has 0 radical (unpaired) electrons. The second-order valence-electron chi connectivity index (χ2n) is 8.74. The Bertz CT molecular complexity index is 1180. The summed E-state index contributed by atoms with van der Waals surface area (Å²) in [5.74, 6) is -0.503. The highest BCUT2D eigenvalue weighted by Crippen LogP contribution is 2.45. The van der Waals surface area contributed by atoms with E-state index in [-0.39, 0.29) is 12.2 Å². The Kier molecular flexibility index (Phi) is 5.79. The molecule has 1 aromatic carbocycles. The van der Waals surface area contributed by atoms with Gasteiger partial charge in [-0.15, -0.1) is 0 Å². The lowest BCUT2D eigenvalue weighted by Gasteiger charge is -2.39. The topological polar surface area (TPSA) is 77.1 Å². The Morgan fingerprint density at radius 3 is 2.42 bits per heavy atom. The van der Waals surface area contributed by atoms with Crippen LogP contribution in [0.1, 0.15) is 47.3 Å². The number of Topliss-reactive ketones (excluding diaryl/α,β-unsaturated/α-hetero) is 1. The summed E-state index contributed by atoms with van der Waals surface area (Å²) in [7, 11) is 0. The standard InChI is InChI=1S/C26H24ClN3O3/c27-21-2-4-22(5-3-21)30-12-7-20(17-30)23(31)15-19-1-6-24(29-16-19)25(18-28)8-10-26(11-9-25)32-13-14-33-26/h1-7,12,16-17H,8-11,13-15H2. The molecule has 168 valence electrons. The number of carbonyl (C=O) groups is 1. The van der Waals surface area contributed by atoms with Crippen LogP contribution in [0.5, 0.6) is 0 Å². The van der Waals surface area contributed by atoms with Crippen molar-refractivity contribution in [2.75, 3.05) is 13.2 Å². The van der Waals surface area contributed by atoms with Crippen LogP contribution in [0.25, 0.3) is 5.69 Å². The fourth-order valence-corrected chi connectivity index (χ4v) is 4.83. The minimum Gasteiger partial charge on any atom is -0.348 e. The van der Waals surface area contributed by atoms with Crippen molar-refractivity contribution in [3.8, 4) is 11.8 Å². The van der Waals surface area contributed by atoms with E-state index in [1.54, 1.807) is 6.20 Å². The van der Waals surface area contributed by atoms with Gasteiger partial charge in [0.1, 0.15) is 0 Å². The normalized spacial score (nSPS) is 18.8. The van der Waals surface area contributed by atoms with E-state index in [4.69, 9.17) is 21.1 Å². The Hall–Kier alpha value is -2.98. The molecule has 0 atom stereocenters. The molecule has 1 saturated heterocycles. The van der Waals surface area contributed by atoms with Crippen LogP contribution in [0.3, 0.4) is 0 Å². The summed E-state index contributed by atoms with van der Waals surface area (Å²) in [5.41, 5.74) is 2.51. The number of pyridine rings is 1. The molecule has 0 bridgehead atoms. The maximum absolute atomic E-state index is 12.8. The molecule has 7 heteroatoms. The second kappa shape index (κ2) is 8.75. The summed E-state index contributed by atoms with van der Waals surface area (Å²) in [6, 6.07) is 15.6. The van der Waals surface area contributed by atoms with E-state index in [2.05, 4.69) is 11.1 Å². The highest BCUT2D eigenvalue weighted by Gasteiger charge is 2.48. The number of ether oxygens (including phenoxy) is 2. The molecular weight excluding hydrogens is 438 g/mol. The van der Waals surface area contributed by atoms with Gasteiger partial charge < -0.3 is 14.0 Å². The van der Waals surface area contributed by atoms with Gasteiger partial charge in [-0.3, -0.25) is 9.78 Å². The molecule has 3 heterocycles. The smallest absolute Gasteiger partial charge is 0.168 e. The van der Waals surface area contributed by atoms with Gasteiger partial charge in [0, 0.05) is 54.1 Å². The van der Waals surface area contributed by atoms with Gasteiger partial charge in [0.15, 0.2) is 11.6 Å². The number of ketones is 1. The van der Waals surface area contributed by atoms with Crippen LogP contribution in [0.4, 0.5) is 0 Å². The first-order chi connectivity index (χ1) is 16.0. The van der Waals surface area contributed by atoms with Gasteiger partial charge in [0.05, 0.1) is 30.4 Å². The number of nitriles is 1. The van der Waals surface area contributed by atoms with Gasteiger partial charge in [-0.2, -0.15) is 5.26 Å². The van der Waals surface area contributed by atoms with Crippen LogP contribution in [-0.4, -0.2) is 34.3 Å². The van der Waals surface area contributed by atoms with Gasteiger partial charge >= 0.3 is 0 Å². The Labute approximate surface area is 197 Å². The number of halogens is 1. The lowest BCUT2D eigenvalue weighted by molar-refractivity contribution is -0.182. The largest absolute Gasteiger partial charge is 0.348 e. The zero-order chi connectivity index (χ0) is 22.9. The van der Waals surface area contributed by atoms with Gasteiger partial charge in [-0.25, -0.2) is 0 Å². The van der Waals surface area contributed by atoms with E-state index in [0.29, 0.717) is 49.5 Å². The van der Waals surface area contributed by atoms with E-state index in [0.717, 1.165) is 16.9 Å². The maximum atomic E-state index is 12.8. The molecular formula is C26H24ClN3O3. The highest BCUT2D eigenvalue weighted by molar-refractivity contribution is 6.30. The van der Waals surface area contributed by atoms with Crippen LogP contribution in [0.15, 0.2) is 61.1 Å².